The normalized spacial score (nSPS) is 11.1. The molecule has 0 saturated heterocycles. The second-order valence-corrected chi connectivity index (χ2v) is 7.67. The van der Waals surface area contributed by atoms with Crippen LogP contribution in [0, 0.1) is 11.6 Å². The van der Waals surface area contributed by atoms with Crippen molar-refractivity contribution in [2.75, 3.05) is 39.3 Å². The molecule has 4 rings (SSSR count). The molecule has 8 nitrogen and oxygen atoms in total. The molecule has 178 valence electrons. The number of likely N-dealkylation sites (N-methyl/N-ethyl adjacent to an activating group) is 1. The molecule has 0 atom stereocenters. The first-order valence-electron chi connectivity index (χ1n) is 10.6. The molecule has 0 aliphatic rings. The van der Waals surface area contributed by atoms with Crippen LogP contribution in [0.3, 0.4) is 0 Å². The number of halogens is 2. The molecular weight excluding hydrogens is 444 g/mol. The molecule has 0 aliphatic carbocycles. The molecule has 0 bridgehead atoms. The van der Waals surface area contributed by atoms with Crippen molar-refractivity contribution >= 4 is 22.3 Å². The quantitative estimate of drug-likeness (QED) is 0.427. The molecule has 0 radical (unpaired) electrons. The van der Waals surface area contributed by atoms with Gasteiger partial charge in [-0.25, -0.2) is 13.8 Å². The Balaban J connectivity index is 1.92. The number of rotatable bonds is 8. The number of nitrogens with zero attached hydrogens (tertiary/aromatic N) is 4. The van der Waals surface area contributed by atoms with Crippen LogP contribution in [-0.2, 0) is 7.05 Å². The molecule has 0 unspecified atom stereocenters. The number of hydrogen-bond acceptors (Lipinski definition) is 6. The molecule has 4 aromatic rings. The SMILES string of the molecule is CNCCN(c1ccc2ncn(-c3ccn(C)c3)c(=O)c2c1)c1c(F)c(OC)cc(OC)c1F. The standard InChI is InChI=1S/C24H25F2N5O3/c1-27-8-10-30(23-21(25)19(33-3)12-20(34-4)22(23)26)15-5-6-18-17(11-15)24(32)31(14-28-18)16-7-9-29(2)13-16/h5-7,9,11-14,27H,8,10H2,1-4H3. The van der Waals surface area contributed by atoms with Gasteiger partial charge in [0.15, 0.2) is 23.1 Å². The number of anilines is 2. The van der Waals surface area contributed by atoms with E-state index < -0.39 is 11.6 Å². The van der Waals surface area contributed by atoms with Gasteiger partial charge in [0.25, 0.3) is 5.56 Å². The number of aromatic nitrogens is 3. The second kappa shape index (κ2) is 9.52. The summed E-state index contributed by atoms with van der Waals surface area (Å²) in [7, 11) is 6.18. The summed E-state index contributed by atoms with van der Waals surface area (Å²) in [5, 5.41) is 3.30. The number of fused-ring (bicyclic) bond motifs is 1. The van der Waals surface area contributed by atoms with Gasteiger partial charge in [-0.15, -0.1) is 0 Å². The van der Waals surface area contributed by atoms with E-state index in [4.69, 9.17) is 9.47 Å². The lowest BCUT2D eigenvalue weighted by atomic mass is 10.1. The molecule has 2 heterocycles. The first-order valence-corrected chi connectivity index (χ1v) is 10.6. The molecule has 10 heteroatoms. The van der Waals surface area contributed by atoms with Gasteiger partial charge in [0.05, 0.1) is 30.8 Å². The summed E-state index contributed by atoms with van der Waals surface area (Å²) in [4.78, 5) is 19.1. The third kappa shape index (κ3) is 4.08. The highest BCUT2D eigenvalue weighted by atomic mass is 19.1. The lowest BCUT2D eigenvalue weighted by Gasteiger charge is -2.27. The third-order valence-electron chi connectivity index (χ3n) is 5.55. The summed E-state index contributed by atoms with van der Waals surface area (Å²) >= 11 is 0. The molecule has 34 heavy (non-hydrogen) atoms. The highest BCUT2D eigenvalue weighted by molar-refractivity contribution is 5.84. The van der Waals surface area contributed by atoms with E-state index >= 15 is 8.78 Å². The van der Waals surface area contributed by atoms with Crippen LogP contribution in [0.4, 0.5) is 20.2 Å². The summed E-state index contributed by atoms with van der Waals surface area (Å²) in [6.07, 6.45) is 5.08. The number of nitrogens with one attached hydrogen (secondary N) is 1. The van der Waals surface area contributed by atoms with Crippen molar-refractivity contribution in [3.8, 4) is 17.2 Å². The van der Waals surface area contributed by atoms with E-state index in [1.165, 1.54) is 30.0 Å². The van der Waals surface area contributed by atoms with Crippen LogP contribution in [-0.4, -0.2) is 48.5 Å². The van der Waals surface area contributed by atoms with Gasteiger partial charge in [-0.05, 0) is 31.3 Å². The lowest BCUT2D eigenvalue weighted by Crippen LogP contribution is -2.29. The summed E-state index contributed by atoms with van der Waals surface area (Å²) in [6.45, 7) is 0.622. The first kappa shape index (κ1) is 23.2. The molecule has 1 N–H and O–H groups in total. The van der Waals surface area contributed by atoms with E-state index in [1.54, 1.807) is 37.5 Å². The first-order chi connectivity index (χ1) is 16.4. The van der Waals surface area contributed by atoms with Crippen molar-refractivity contribution in [1.29, 1.82) is 0 Å². The zero-order valence-corrected chi connectivity index (χ0v) is 19.3. The fourth-order valence-electron chi connectivity index (χ4n) is 3.80. The third-order valence-corrected chi connectivity index (χ3v) is 5.55. The number of aryl methyl sites for hydroxylation is 1. The van der Waals surface area contributed by atoms with E-state index in [1.807, 2.05) is 17.8 Å². The minimum atomic E-state index is -0.870. The van der Waals surface area contributed by atoms with Gasteiger partial charge in [0.1, 0.15) is 12.0 Å². The van der Waals surface area contributed by atoms with Crippen molar-refractivity contribution in [1.82, 2.24) is 19.4 Å². The van der Waals surface area contributed by atoms with Crippen molar-refractivity contribution in [3.05, 3.63) is 71.0 Å². The van der Waals surface area contributed by atoms with Crippen molar-refractivity contribution in [2.45, 2.75) is 0 Å². The van der Waals surface area contributed by atoms with Gasteiger partial charge in [-0.1, -0.05) is 0 Å². The van der Waals surface area contributed by atoms with E-state index in [0.29, 0.717) is 28.8 Å². The second-order valence-electron chi connectivity index (χ2n) is 7.67. The Bertz CT molecular complexity index is 1370. The number of hydrogen-bond donors (Lipinski definition) is 1. The van der Waals surface area contributed by atoms with Gasteiger partial charge >= 0.3 is 0 Å². The Morgan fingerprint density at radius 1 is 1.09 bits per heavy atom. The Morgan fingerprint density at radius 3 is 2.38 bits per heavy atom. The van der Waals surface area contributed by atoms with Crippen LogP contribution in [0.25, 0.3) is 16.6 Å². The smallest absolute Gasteiger partial charge is 0.265 e. The molecule has 0 fully saturated rings. The largest absolute Gasteiger partial charge is 0.493 e. The van der Waals surface area contributed by atoms with Crippen molar-refractivity contribution in [3.63, 3.8) is 0 Å². The Kier molecular flexibility index (Phi) is 6.51. The van der Waals surface area contributed by atoms with Crippen molar-refractivity contribution in [2.24, 2.45) is 7.05 Å². The maximum atomic E-state index is 15.3. The van der Waals surface area contributed by atoms with Gasteiger partial charge in [-0.3, -0.25) is 9.36 Å². The number of ether oxygens (including phenoxy) is 2. The lowest BCUT2D eigenvalue weighted by molar-refractivity contribution is 0.359. The van der Waals surface area contributed by atoms with Gasteiger partial charge < -0.3 is 24.3 Å². The van der Waals surface area contributed by atoms with E-state index in [-0.39, 0.29) is 29.3 Å². The molecule has 2 aromatic carbocycles. The zero-order valence-electron chi connectivity index (χ0n) is 19.3. The highest BCUT2D eigenvalue weighted by Crippen LogP contribution is 2.40. The predicted octanol–water partition coefficient (Wildman–Crippen LogP) is 3.38. The highest BCUT2D eigenvalue weighted by Gasteiger charge is 2.26. The topological polar surface area (TPSA) is 73.6 Å². The number of methoxy groups -OCH3 is 2. The van der Waals surface area contributed by atoms with Crippen LogP contribution in [0.2, 0.25) is 0 Å². The summed E-state index contributed by atoms with van der Waals surface area (Å²) < 4.78 is 44.1. The Labute approximate surface area is 195 Å². The summed E-state index contributed by atoms with van der Waals surface area (Å²) in [5.41, 5.74) is 0.919. The van der Waals surface area contributed by atoms with Crippen LogP contribution < -0.4 is 25.2 Å². The molecule has 0 aliphatic heterocycles. The van der Waals surface area contributed by atoms with Crippen LogP contribution in [0.1, 0.15) is 0 Å². The predicted molar refractivity (Wildman–Crippen MR) is 127 cm³/mol. The maximum absolute atomic E-state index is 15.3. The van der Waals surface area contributed by atoms with Gasteiger partial charge in [-0.2, -0.15) is 0 Å². The Hall–Kier alpha value is -3.92. The van der Waals surface area contributed by atoms with Crippen LogP contribution >= 0.6 is 0 Å². The van der Waals surface area contributed by atoms with Gasteiger partial charge in [0, 0.05) is 44.3 Å². The number of benzene rings is 2. The van der Waals surface area contributed by atoms with Crippen molar-refractivity contribution < 1.29 is 18.3 Å². The molecular formula is C24H25F2N5O3. The van der Waals surface area contributed by atoms with Crippen LogP contribution in [0.15, 0.2) is 53.8 Å². The average molecular weight is 469 g/mol. The van der Waals surface area contributed by atoms with Crippen LogP contribution in [0.5, 0.6) is 11.5 Å². The maximum Gasteiger partial charge on any atom is 0.265 e. The molecule has 0 spiro atoms. The Morgan fingerprint density at radius 2 is 1.79 bits per heavy atom. The van der Waals surface area contributed by atoms with E-state index in [9.17, 15) is 4.79 Å². The average Bonchev–Trinajstić information content (AvgIpc) is 3.27. The molecule has 2 aromatic heterocycles. The van der Waals surface area contributed by atoms with E-state index in [0.717, 1.165) is 6.07 Å². The fourth-order valence-corrected chi connectivity index (χ4v) is 3.80. The monoisotopic (exact) mass is 469 g/mol. The zero-order chi connectivity index (χ0) is 24.4. The minimum Gasteiger partial charge on any atom is -0.493 e. The summed E-state index contributed by atoms with van der Waals surface area (Å²) in [6, 6.07) is 7.87. The summed E-state index contributed by atoms with van der Waals surface area (Å²) in [5.74, 6) is -2.05. The van der Waals surface area contributed by atoms with Gasteiger partial charge in [0.2, 0.25) is 0 Å². The molecule has 0 saturated carbocycles. The molecule has 0 amide bonds. The fraction of sp³-hybridized carbons (Fsp3) is 0.250. The minimum absolute atomic E-state index is 0.156. The van der Waals surface area contributed by atoms with E-state index in [2.05, 4.69) is 10.3 Å².